The Labute approximate surface area is 151 Å². The Balaban J connectivity index is 1.81. The summed E-state index contributed by atoms with van der Waals surface area (Å²) in [6.45, 7) is 2.20. The molecule has 1 atom stereocenters. The maximum absolute atomic E-state index is 10.7. The number of imidazole rings is 1. The lowest BCUT2D eigenvalue weighted by Crippen LogP contribution is -2.25. The molecule has 3 heterocycles. The Bertz CT molecular complexity index is 1040. The van der Waals surface area contributed by atoms with E-state index < -0.39 is 0 Å². The number of fused-ring (bicyclic) bond motifs is 4. The molecule has 26 heavy (non-hydrogen) atoms. The van der Waals surface area contributed by atoms with Crippen LogP contribution < -0.4 is 4.90 Å². The molecular formula is C20H21N5O. The average molecular weight is 347 g/mol. The minimum absolute atomic E-state index is 0.330. The number of pyridine rings is 1. The lowest BCUT2D eigenvalue weighted by molar-refractivity contribution is 0.601. The van der Waals surface area contributed by atoms with E-state index in [9.17, 15) is 4.91 Å². The molecule has 0 bridgehead atoms. The fourth-order valence-corrected chi connectivity index (χ4v) is 4.74. The van der Waals surface area contributed by atoms with Gasteiger partial charge in [-0.15, -0.1) is 0 Å². The molecule has 132 valence electrons. The zero-order valence-corrected chi connectivity index (χ0v) is 14.6. The van der Waals surface area contributed by atoms with E-state index in [4.69, 9.17) is 10.4 Å². The maximum atomic E-state index is 10.7. The van der Waals surface area contributed by atoms with Crippen molar-refractivity contribution in [2.75, 3.05) is 24.5 Å². The van der Waals surface area contributed by atoms with Gasteiger partial charge in [0.05, 0.1) is 17.6 Å². The van der Waals surface area contributed by atoms with Gasteiger partial charge in [0.2, 0.25) is 0 Å². The number of nitroso groups, excluding NO2 is 1. The fraction of sp³-hybridized carbons (Fsp3) is 0.400. The van der Waals surface area contributed by atoms with Crippen LogP contribution in [-0.2, 0) is 12.8 Å². The van der Waals surface area contributed by atoms with Crippen molar-refractivity contribution < 1.29 is 0 Å². The topological polar surface area (TPSA) is 73.8 Å². The number of rotatable bonds is 4. The first-order valence-corrected chi connectivity index (χ1v) is 9.31. The highest BCUT2D eigenvalue weighted by molar-refractivity contribution is 5.95. The predicted octanol–water partition coefficient (Wildman–Crippen LogP) is 3.57. The van der Waals surface area contributed by atoms with E-state index in [1.165, 1.54) is 23.2 Å². The Morgan fingerprint density at radius 1 is 1.27 bits per heavy atom. The molecule has 1 aliphatic carbocycles. The normalized spacial score (nSPS) is 19.4. The van der Waals surface area contributed by atoms with Gasteiger partial charge in [0.25, 0.3) is 0 Å². The van der Waals surface area contributed by atoms with E-state index in [2.05, 4.69) is 20.5 Å². The van der Waals surface area contributed by atoms with Crippen molar-refractivity contribution in [2.45, 2.75) is 25.7 Å². The van der Waals surface area contributed by atoms with Crippen molar-refractivity contribution in [3.63, 3.8) is 0 Å². The third-order valence-electron chi connectivity index (χ3n) is 5.89. The van der Waals surface area contributed by atoms with Crippen LogP contribution in [0, 0.1) is 16.2 Å². The maximum Gasteiger partial charge on any atom is 0.148 e. The largest absolute Gasteiger partial charge is 0.357 e. The van der Waals surface area contributed by atoms with Gasteiger partial charge < -0.3 is 10.3 Å². The molecule has 0 saturated carbocycles. The molecule has 5 rings (SSSR count). The van der Waals surface area contributed by atoms with Crippen LogP contribution in [0.4, 0.5) is 5.82 Å². The zero-order chi connectivity index (χ0) is 17.7. The number of nitrogens with zero attached hydrogens (tertiary/aromatic N) is 4. The van der Waals surface area contributed by atoms with E-state index >= 15 is 0 Å². The third kappa shape index (κ3) is 2.11. The summed E-state index contributed by atoms with van der Waals surface area (Å²) in [6, 6.07) is 8.19. The van der Waals surface area contributed by atoms with Crippen LogP contribution >= 0.6 is 0 Å². The van der Waals surface area contributed by atoms with Gasteiger partial charge >= 0.3 is 0 Å². The number of benzene rings is 1. The van der Waals surface area contributed by atoms with Crippen LogP contribution in [0.25, 0.3) is 16.7 Å². The standard InChI is InChI=1S/C20H21N5O/c21-10-16-14-4-3-5-15(14)20(24-9-8-13(12-24)11-22-26)25-18-7-2-1-6-17(18)23-19(16)25/h1-2,6-7,10,13,21H,3-5,8-9,11-12H2. The number of aromatic nitrogens is 2. The van der Waals surface area contributed by atoms with Gasteiger partial charge in [0.1, 0.15) is 11.5 Å². The minimum atomic E-state index is 0.330. The number of hydrogen-bond acceptors (Lipinski definition) is 5. The number of nitrogens with one attached hydrogen (secondary N) is 1. The third-order valence-corrected chi connectivity index (χ3v) is 5.89. The van der Waals surface area contributed by atoms with Crippen molar-refractivity contribution in [3.8, 4) is 0 Å². The molecule has 0 amide bonds. The van der Waals surface area contributed by atoms with Crippen LogP contribution in [0.5, 0.6) is 0 Å². The van der Waals surface area contributed by atoms with E-state index in [1.807, 2.05) is 18.2 Å². The highest BCUT2D eigenvalue weighted by Gasteiger charge is 2.31. The van der Waals surface area contributed by atoms with Gasteiger partial charge in [-0.2, -0.15) is 4.91 Å². The number of anilines is 1. The lowest BCUT2D eigenvalue weighted by Gasteiger charge is -2.25. The van der Waals surface area contributed by atoms with Crippen LogP contribution in [0.15, 0.2) is 29.4 Å². The quantitative estimate of drug-likeness (QED) is 0.579. The first-order chi connectivity index (χ1) is 12.8. The van der Waals surface area contributed by atoms with Gasteiger partial charge in [-0.3, -0.25) is 4.40 Å². The first kappa shape index (κ1) is 15.5. The summed E-state index contributed by atoms with van der Waals surface area (Å²) >= 11 is 0. The predicted molar refractivity (Wildman–Crippen MR) is 104 cm³/mol. The molecule has 6 nitrogen and oxygen atoms in total. The second-order valence-electron chi connectivity index (χ2n) is 7.36. The van der Waals surface area contributed by atoms with Crippen molar-refractivity contribution >= 4 is 28.7 Å². The SMILES string of the molecule is N=Cc1c2c(c(N3CCC(CN=O)C3)n3c1nc1ccccc13)CCC2. The van der Waals surface area contributed by atoms with E-state index in [1.54, 1.807) is 0 Å². The summed E-state index contributed by atoms with van der Waals surface area (Å²) in [5.41, 5.74) is 6.54. The monoisotopic (exact) mass is 347 g/mol. The van der Waals surface area contributed by atoms with E-state index in [0.717, 1.165) is 61.0 Å². The Hall–Kier alpha value is -2.76. The number of para-hydroxylation sites is 2. The summed E-state index contributed by atoms with van der Waals surface area (Å²) in [6.07, 6.45) is 5.65. The Morgan fingerprint density at radius 2 is 2.12 bits per heavy atom. The van der Waals surface area contributed by atoms with Crippen LogP contribution in [0.1, 0.15) is 29.5 Å². The molecule has 2 aliphatic rings. The summed E-state index contributed by atoms with van der Waals surface area (Å²) in [5.74, 6) is 1.55. The summed E-state index contributed by atoms with van der Waals surface area (Å²) in [5, 5.41) is 11.1. The van der Waals surface area contributed by atoms with E-state index in [-0.39, 0.29) is 0 Å². The van der Waals surface area contributed by atoms with Crippen LogP contribution in [0.3, 0.4) is 0 Å². The first-order valence-electron chi connectivity index (χ1n) is 9.31. The highest BCUT2D eigenvalue weighted by Crippen LogP contribution is 2.39. The van der Waals surface area contributed by atoms with Crippen molar-refractivity contribution in [3.05, 3.63) is 45.9 Å². The van der Waals surface area contributed by atoms with Crippen LogP contribution in [-0.4, -0.2) is 35.2 Å². The molecule has 1 aliphatic heterocycles. The minimum Gasteiger partial charge on any atom is -0.357 e. The molecule has 1 unspecified atom stereocenters. The Morgan fingerprint density at radius 3 is 2.96 bits per heavy atom. The van der Waals surface area contributed by atoms with Crippen LogP contribution in [0.2, 0.25) is 0 Å². The molecular weight excluding hydrogens is 326 g/mol. The summed E-state index contributed by atoms with van der Waals surface area (Å²) < 4.78 is 2.25. The van der Waals surface area contributed by atoms with Gasteiger partial charge in [0.15, 0.2) is 0 Å². The van der Waals surface area contributed by atoms with Gasteiger partial charge in [-0.25, -0.2) is 4.98 Å². The Kier molecular flexibility index (Phi) is 3.51. The molecule has 0 spiro atoms. The summed E-state index contributed by atoms with van der Waals surface area (Å²) in [4.78, 5) is 18.0. The molecule has 2 aromatic heterocycles. The molecule has 0 radical (unpaired) electrons. The summed E-state index contributed by atoms with van der Waals surface area (Å²) in [7, 11) is 0. The van der Waals surface area contributed by atoms with E-state index in [0.29, 0.717) is 12.5 Å². The molecule has 1 aromatic carbocycles. The highest BCUT2D eigenvalue weighted by atomic mass is 16.3. The molecule has 1 fully saturated rings. The molecule has 3 aromatic rings. The van der Waals surface area contributed by atoms with Crippen molar-refractivity contribution in [1.29, 1.82) is 5.41 Å². The zero-order valence-electron chi connectivity index (χ0n) is 14.6. The van der Waals surface area contributed by atoms with Gasteiger partial charge in [0, 0.05) is 30.8 Å². The fourth-order valence-electron chi connectivity index (χ4n) is 4.74. The molecule has 6 heteroatoms. The number of hydrogen-bond donors (Lipinski definition) is 1. The van der Waals surface area contributed by atoms with Gasteiger partial charge in [-0.1, -0.05) is 17.3 Å². The second-order valence-corrected chi connectivity index (χ2v) is 7.36. The molecule has 1 N–H and O–H groups in total. The smallest absolute Gasteiger partial charge is 0.148 e. The van der Waals surface area contributed by atoms with Crippen molar-refractivity contribution in [1.82, 2.24) is 9.38 Å². The lowest BCUT2D eigenvalue weighted by atomic mass is 10.1. The average Bonchev–Trinajstić information content (AvgIpc) is 3.38. The molecule has 1 saturated heterocycles. The second kappa shape index (κ2) is 5.90. The van der Waals surface area contributed by atoms with Gasteiger partial charge in [-0.05, 0) is 48.9 Å². The van der Waals surface area contributed by atoms with Crippen molar-refractivity contribution in [2.24, 2.45) is 11.1 Å².